The van der Waals surface area contributed by atoms with Crippen molar-refractivity contribution in [3.05, 3.63) is 66.1 Å². The van der Waals surface area contributed by atoms with Gasteiger partial charge in [-0.3, -0.25) is 14.9 Å². The Morgan fingerprint density at radius 2 is 1.50 bits per heavy atom. The van der Waals surface area contributed by atoms with Crippen molar-refractivity contribution >= 4 is 49.1 Å². The minimum Gasteiger partial charge on any atom is -0.320 e. The van der Waals surface area contributed by atoms with Gasteiger partial charge < -0.3 is 5.32 Å². The fourth-order valence-electron chi connectivity index (χ4n) is 2.48. The third kappa shape index (κ3) is 4.56. The highest BCUT2D eigenvalue weighted by molar-refractivity contribution is 9.11. The molecule has 2 rings (SSSR count). The largest absolute Gasteiger partial charge is 0.435 e. The Morgan fingerprint density at radius 1 is 1.00 bits per heavy atom. The van der Waals surface area contributed by atoms with E-state index < -0.39 is 49.0 Å². The summed E-state index contributed by atoms with van der Waals surface area (Å²) >= 11 is 5.38. The summed E-state index contributed by atoms with van der Waals surface area (Å²) < 4.78 is 91.0. The van der Waals surface area contributed by atoms with Gasteiger partial charge in [-0.25, -0.2) is 4.39 Å². The highest BCUT2D eigenvalue weighted by atomic mass is 79.9. The molecule has 170 valence electrons. The molecule has 15 heteroatoms. The first-order valence-corrected chi connectivity index (χ1v) is 9.45. The van der Waals surface area contributed by atoms with Crippen molar-refractivity contribution in [2.45, 2.75) is 18.0 Å². The molecule has 1 N–H and O–H groups in total. The van der Waals surface area contributed by atoms with E-state index in [0.29, 0.717) is 0 Å². The van der Waals surface area contributed by atoms with Crippen molar-refractivity contribution in [3.63, 3.8) is 0 Å². The monoisotopic (exact) mass is 591 g/mol. The van der Waals surface area contributed by atoms with E-state index in [2.05, 4.69) is 37.2 Å². The molecule has 0 unspecified atom stereocenters. The van der Waals surface area contributed by atoms with Crippen LogP contribution in [-0.2, 0) is 5.67 Å². The van der Waals surface area contributed by atoms with Crippen LogP contribution in [0.3, 0.4) is 0 Å². The number of hydrogen-bond acceptors (Lipinski definition) is 4. The van der Waals surface area contributed by atoms with Gasteiger partial charge in [0.25, 0.3) is 11.6 Å². The molecule has 0 radical (unpaired) electrons. The van der Waals surface area contributed by atoms with Crippen LogP contribution in [0.1, 0.15) is 21.5 Å². The SMILES string of the molecule is N#Cc1ccc(C(=O)Nc2c(Br)cc(C(F)(C(F)(F)F)C(F)(F)F)cc2Br)cc1[N+](=O)[O-]. The smallest absolute Gasteiger partial charge is 0.320 e. The van der Waals surface area contributed by atoms with E-state index in [1.807, 2.05) is 0 Å². The van der Waals surface area contributed by atoms with Crippen LogP contribution in [0.2, 0.25) is 0 Å². The average molecular weight is 593 g/mol. The minimum absolute atomic E-state index is 0.197. The topological polar surface area (TPSA) is 96.0 Å². The van der Waals surface area contributed by atoms with E-state index in [4.69, 9.17) is 5.26 Å². The molecular formula is C17H6Br2F7N3O3. The van der Waals surface area contributed by atoms with Crippen LogP contribution in [0.4, 0.5) is 42.1 Å². The number of halogens is 9. The predicted molar refractivity (Wildman–Crippen MR) is 103 cm³/mol. The Morgan fingerprint density at radius 3 is 1.91 bits per heavy atom. The van der Waals surface area contributed by atoms with E-state index >= 15 is 0 Å². The lowest BCUT2D eigenvalue weighted by Gasteiger charge is -2.31. The van der Waals surface area contributed by atoms with Crippen molar-refractivity contribution < 1.29 is 40.5 Å². The van der Waals surface area contributed by atoms with Gasteiger partial charge in [-0.15, -0.1) is 0 Å². The highest BCUT2D eigenvalue weighted by Crippen LogP contribution is 2.54. The van der Waals surface area contributed by atoms with Crippen molar-refractivity contribution in [1.29, 1.82) is 5.26 Å². The number of nitriles is 1. The van der Waals surface area contributed by atoms with Gasteiger partial charge in [-0.1, -0.05) is 0 Å². The molecule has 0 heterocycles. The van der Waals surface area contributed by atoms with Crippen molar-refractivity contribution in [2.75, 3.05) is 5.32 Å². The number of amides is 1. The second-order valence-electron chi connectivity index (χ2n) is 6.02. The third-order valence-electron chi connectivity index (χ3n) is 4.04. The lowest BCUT2D eigenvalue weighted by Crippen LogP contribution is -2.50. The number of benzene rings is 2. The van der Waals surface area contributed by atoms with Crippen LogP contribution in [0.5, 0.6) is 0 Å². The minimum atomic E-state index is -6.34. The molecule has 0 atom stereocenters. The van der Waals surface area contributed by atoms with Gasteiger partial charge >= 0.3 is 18.0 Å². The van der Waals surface area contributed by atoms with E-state index in [1.54, 1.807) is 6.07 Å². The lowest BCUT2D eigenvalue weighted by molar-refractivity contribution is -0.385. The number of nitrogens with zero attached hydrogens (tertiary/aromatic N) is 2. The Labute approximate surface area is 190 Å². The van der Waals surface area contributed by atoms with Crippen LogP contribution < -0.4 is 5.32 Å². The quantitative estimate of drug-likeness (QED) is 0.248. The number of nitrogens with one attached hydrogen (secondary N) is 1. The maximum Gasteiger partial charge on any atom is 0.435 e. The van der Waals surface area contributed by atoms with Crippen LogP contribution in [0, 0.1) is 21.4 Å². The van der Waals surface area contributed by atoms with E-state index in [1.165, 1.54) is 0 Å². The number of rotatable bonds is 4. The van der Waals surface area contributed by atoms with Crippen LogP contribution in [0.15, 0.2) is 39.3 Å². The summed E-state index contributed by atoms with van der Waals surface area (Å²) in [4.78, 5) is 22.5. The van der Waals surface area contributed by atoms with Crippen LogP contribution >= 0.6 is 31.9 Å². The molecule has 0 aliphatic heterocycles. The molecule has 0 saturated carbocycles. The number of nitro groups is 1. The molecular weight excluding hydrogens is 587 g/mol. The van der Waals surface area contributed by atoms with E-state index in [0.717, 1.165) is 18.2 Å². The summed E-state index contributed by atoms with van der Waals surface area (Å²) in [6.07, 6.45) is -12.7. The molecule has 1 amide bonds. The van der Waals surface area contributed by atoms with Gasteiger partial charge in [0, 0.05) is 26.1 Å². The normalized spacial score (nSPS) is 12.2. The second kappa shape index (κ2) is 8.66. The molecule has 0 fully saturated rings. The number of nitro benzene ring substituents is 1. The van der Waals surface area contributed by atoms with Gasteiger partial charge in [0.2, 0.25) is 0 Å². The average Bonchev–Trinajstić information content (AvgIpc) is 2.67. The number of anilines is 1. The highest BCUT2D eigenvalue weighted by Gasteiger charge is 2.73. The zero-order valence-electron chi connectivity index (χ0n) is 14.9. The molecule has 32 heavy (non-hydrogen) atoms. The number of carbonyl (C=O) groups excluding carboxylic acids is 1. The summed E-state index contributed by atoms with van der Waals surface area (Å²) in [6, 6.07) is 4.71. The first-order chi connectivity index (χ1) is 14.5. The Hall–Kier alpha value is -2.73. The number of hydrogen-bond donors (Lipinski definition) is 1. The van der Waals surface area contributed by atoms with Gasteiger partial charge in [-0.05, 0) is 56.1 Å². The predicted octanol–water partition coefficient (Wildman–Crippen LogP) is 6.53. The molecule has 0 aliphatic carbocycles. The second-order valence-corrected chi connectivity index (χ2v) is 7.73. The zero-order chi connectivity index (χ0) is 24.6. The Kier molecular flexibility index (Phi) is 6.91. The summed E-state index contributed by atoms with van der Waals surface area (Å²) in [7, 11) is 0. The molecule has 0 bridgehead atoms. The molecule has 0 saturated heterocycles. The van der Waals surface area contributed by atoms with Crippen molar-refractivity contribution in [2.24, 2.45) is 0 Å². The summed E-state index contributed by atoms with van der Waals surface area (Å²) in [6.45, 7) is 0. The number of carbonyl (C=O) groups is 1. The van der Waals surface area contributed by atoms with Gasteiger partial charge in [0.15, 0.2) is 0 Å². The Balaban J connectivity index is 2.50. The first kappa shape index (κ1) is 25.5. The molecule has 0 spiro atoms. The van der Waals surface area contributed by atoms with Gasteiger partial charge in [0.1, 0.15) is 11.6 Å². The van der Waals surface area contributed by atoms with Crippen molar-refractivity contribution in [1.82, 2.24) is 0 Å². The lowest BCUT2D eigenvalue weighted by atomic mass is 9.94. The molecule has 2 aromatic rings. The summed E-state index contributed by atoms with van der Waals surface area (Å²) in [5.74, 6) is -1.05. The first-order valence-electron chi connectivity index (χ1n) is 7.86. The number of alkyl halides is 7. The molecule has 2 aromatic carbocycles. The van der Waals surface area contributed by atoms with E-state index in [9.17, 15) is 45.6 Å². The Bertz CT molecular complexity index is 1110. The zero-order valence-corrected chi connectivity index (χ0v) is 18.1. The summed E-state index contributed by atoms with van der Waals surface area (Å²) in [5.41, 5.74) is -9.27. The molecule has 6 nitrogen and oxygen atoms in total. The molecule has 0 aromatic heterocycles. The summed E-state index contributed by atoms with van der Waals surface area (Å²) in [5, 5.41) is 22.0. The van der Waals surface area contributed by atoms with Gasteiger partial charge in [-0.2, -0.15) is 31.6 Å². The van der Waals surface area contributed by atoms with Gasteiger partial charge in [0.05, 0.1) is 10.6 Å². The van der Waals surface area contributed by atoms with E-state index in [-0.39, 0.29) is 28.9 Å². The maximum absolute atomic E-state index is 14.3. The van der Waals surface area contributed by atoms with Crippen molar-refractivity contribution in [3.8, 4) is 6.07 Å². The fourth-order valence-corrected chi connectivity index (χ4v) is 3.87. The van der Waals surface area contributed by atoms with Crippen LogP contribution in [-0.4, -0.2) is 23.2 Å². The third-order valence-corrected chi connectivity index (χ3v) is 5.29. The fraction of sp³-hybridized carbons (Fsp3) is 0.176. The maximum atomic E-state index is 14.3. The molecule has 0 aliphatic rings. The standard InChI is InChI=1S/C17H6Br2F7N3O3/c18-10-4-9(15(20,16(21,22)23)17(24,25)26)5-11(19)13(10)28-14(30)7-1-2-8(6-27)12(3-7)29(31)32/h1-5H,(H,28,30). The van der Waals surface area contributed by atoms with Crippen LogP contribution in [0.25, 0.3) is 0 Å².